The van der Waals surface area contributed by atoms with Gasteiger partial charge in [-0.2, -0.15) is 11.8 Å². The third kappa shape index (κ3) is 4.36. The van der Waals surface area contributed by atoms with Crippen molar-refractivity contribution in [2.24, 2.45) is 7.05 Å². The fourth-order valence-electron chi connectivity index (χ4n) is 3.05. The first kappa shape index (κ1) is 17.4. The van der Waals surface area contributed by atoms with E-state index in [1.165, 1.54) is 0 Å². The molecule has 8 heteroatoms. The van der Waals surface area contributed by atoms with E-state index in [4.69, 9.17) is 0 Å². The van der Waals surface area contributed by atoms with Crippen molar-refractivity contribution in [1.29, 1.82) is 0 Å². The van der Waals surface area contributed by atoms with Gasteiger partial charge in [0.2, 0.25) is 5.91 Å². The van der Waals surface area contributed by atoms with E-state index in [0.717, 1.165) is 54.0 Å². The summed E-state index contributed by atoms with van der Waals surface area (Å²) >= 11 is 3.46. The molecule has 1 saturated heterocycles. The van der Waals surface area contributed by atoms with Crippen molar-refractivity contribution >= 4 is 29.0 Å². The maximum atomic E-state index is 12.5. The van der Waals surface area contributed by atoms with Crippen molar-refractivity contribution < 1.29 is 4.79 Å². The zero-order valence-corrected chi connectivity index (χ0v) is 15.8. The molecule has 0 radical (unpaired) electrons. The maximum Gasteiger partial charge on any atom is 0.223 e. The number of aromatic nitrogens is 4. The molecule has 6 nitrogen and oxygen atoms in total. The summed E-state index contributed by atoms with van der Waals surface area (Å²) in [5, 5.41) is 11.4. The molecule has 3 rings (SSSR count). The summed E-state index contributed by atoms with van der Waals surface area (Å²) in [5.74, 6) is 3.28. The first-order valence-electron chi connectivity index (χ1n) is 8.24. The first-order chi connectivity index (χ1) is 11.6. The fourth-order valence-corrected chi connectivity index (χ4v) is 4.58. The highest BCUT2D eigenvalue weighted by Gasteiger charge is 2.27. The number of thioether (sulfide) groups is 1. The predicted molar refractivity (Wildman–Crippen MR) is 97.2 cm³/mol. The average Bonchev–Trinajstić information content (AvgIpc) is 3.20. The Morgan fingerprint density at radius 2 is 2.38 bits per heavy atom. The van der Waals surface area contributed by atoms with Crippen LogP contribution in [0.3, 0.4) is 0 Å². The Kier molecular flexibility index (Phi) is 5.89. The molecule has 0 bridgehead atoms. The van der Waals surface area contributed by atoms with E-state index in [1.807, 2.05) is 23.4 Å². The molecule has 130 valence electrons. The number of hydrogen-bond donors (Lipinski definition) is 0. The van der Waals surface area contributed by atoms with Gasteiger partial charge in [0, 0.05) is 49.4 Å². The number of carbonyl (C=O) groups is 1. The Hall–Kier alpha value is -1.41. The summed E-state index contributed by atoms with van der Waals surface area (Å²) in [6.45, 7) is 3.65. The van der Waals surface area contributed by atoms with Crippen LogP contribution >= 0.6 is 23.1 Å². The fraction of sp³-hybridized carbons (Fsp3) is 0.625. The van der Waals surface area contributed by atoms with E-state index in [1.54, 1.807) is 29.4 Å². The average molecular weight is 366 g/mol. The van der Waals surface area contributed by atoms with Gasteiger partial charge in [-0.05, 0) is 19.8 Å². The van der Waals surface area contributed by atoms with Crippen LogP contribution in [0.1, 0.15) is 41.7 Å². The van der Waals surface area contributed by atoms with E-state index in [2.05, 4.69) is 20.6 Å². The Morgan fingerprint density at radius 3 is 3.08 bits per heavy atom. The molecule has 0 spiro atoms. The Bertz CT molecular complexity index is 684. The minimum Gasteiger partial charge on any atom is -0.342 e. The van der Waals surface area contributed by atoms with Crippen LogP contribution in [-0.4, -0.2) is 49.4 Å². The summed E-state index contributed by atoms with van der Waals surface area (Å²) in [4.78, 5) is 18.9. The lowest BCUT2D eigenvalue weighted by atomic mass is 9.97. The van der Waals surface area contributed by atoms with E-state index < -0.39 is 0 Å². The third-order valence-corrected chi connectivity index (χ3v) is 6.08. The summed E-state index contributed by atoms with van der Waals surface area (Å²) < 4.78 is 1.96. The Balaban J connectivity index is 1.43. The van der Waals surface area contributed by atoms with Crippen LogP contribution in [-0.2, 0) is 17.6 Å². The van der Waals surface area contributed by atoms with Gasteiger partial charge in [0.1, 0.15) is 12.2 Å². The number of rotatable bonds is 6. The van der Waals surface area contributed by atoms with Crippen molar-refractivity contribution in [2.45, 2.75) is 37.9 Å². The molecule has 0 saturated carbocycles. The van der Waals surface area contributed by atoms with Crippen molar-refractivity contribution in [2.75, 3.05) is 18.8 Å². The second-order valence-electron chi connectivity index (χ2n) is 6.14. The monoisotopic (exact) mass is 365 g/mol. The lowest BCUT2D eigenvalue weighted by molar-refractivity contribution is -0.132. The number of aryl methyl sites for hydroxylation is 2. The van der Waals surface area contributed by atoms with Crippen LogP contribution in [0.4, 0.5) is 0 Å². The molecule has 1 unspecified atom stereocenters. The van der Waals surface area contributed by atoms with Gasteiger partial charge in [-0.25, -0.2) is 4.98 Å². The molecule has 1 fully saturated rings. The number of carbonyl (C=O) groups excluding carboxylic acids is 1. The molecule has 0 aromatic carbocycles. The normalized spacial score (nSPS) is 18.1. The molecule has 1 amide bonds. The number of likely N-dealkylation sites (tertiary alicyclic amines) is 1. The molecule has 1 aliphatic heterocycles. The van der Waals surface area contributed by atoms with Gasteiger partial charge >= 0.3 is 0 Å². The minimum atomic E-state index is 0.254. The van der Waals surface area contributed by atoms with Crippen molar-refractivity contribution in [3.8, 4) is 0 Å². The van der Waals surface area contributed by atoms with Crippen LogP contribution in [0.15, 0.2) is 11.7 Å². The van der Waals surface area contributed by atoms with Crippen LogP contribution in [0, 0.1) is 6.92 Å². The second-order valence-corrected chi connectivity index (χ2v) is 8.31. The molecular weight excluding hydrogens is 342 g/mol. The quantitative estimate of drug-likeness (QED) is 0.736. The number of nitrogens with zero attached hydrogens (tertiary/aromatic N) is 5. The second kappa shape index (κ2) is 8.11. The van der Waals surface area contributed by atoms with E-state index in [9.17, 15) is 4.79 Å². The largest absolute Gasteiger partial charge is 0.342 e. The third-order valence-electron chi connectivity index (χ3n) is 4.26. The summed E-state index contributed by atoms with van der Waals surface area (Å²) in [6.07, 6.45) is 4.44. The van der Waals surface area contributed by atoms with Crippen molar-refractivity contribution in [3.05, 3.63) is 28.2 Å². The van der Waals surface area contributed by atoms with Gasteiger partial charge in [-0.15, -0.1) is 21.5 Å². The van der Waals surface area contributed by atoms with Crippen molar-refractivity contribution in [3.63, 3.8) is 0 Å². The smallest absolute Gasteiger partial charge is 0.223 e. The highest BCUT2D eigenvalue weighted by Crippen LogP contribution is 2.25. The van der Waals surface area contributed by atoms with Gasteiger partial charge in [0.15, 0.2) is 0 Å². The molecular formula is C16H23N5OS2. The number of hydrogen-bond acceptors (Lipinski definition) is 6. The highest BCUT2D eigenvalue weighted by atomic mass is 32.2. The van der Waals surface area contributed by atoms with Crippen LogP contribution in [0.5, 0.6) is 0 Å². The Morgan fingerprint density at radius 1 is 1.50 bits per heavy atom. The Labute approximate surface area is 150 Å². The van der Waals surface area contributed by atoms with Gasteiger partial charge in [0.05, 0.1) is 10.7 Å². The molecule has 3 heterocycles. The first-order valence-corrected chi connectivity index (χ1v) is 10.3. The van der Waals surface area contributed by atoms with Crippen molar-refractivity contribution in [1.82, 2.24) is 24.6 Å². The van der Waals surface area contributed by atoms with Gasteiger partial charge in [-0.3, -0.25) is 4.79 Å². The summed E-state index contributed by atoms with van der Waals surface area (Å²) in [6, 6.07) is 0. The summed E-state index contributed by atoms with van der Waals surface area (Å²) in [7, 11) is 1.97. The maximum absolute atomic E-state index is 12.5. The molecule has 2 aromatic rings. The lowest BCUT2D eigenvalue weighted by Gasteiger charge is -2.32. The van der Waals surface area contributed by atoms with Crippen LogP contribution in [0.25, 0.3) is 0 Å². The van der Waals surface area contributed by atoms with E-state index in [-0.39, 0.29) is 5.91 Å². The molecule has 1 aliphatic rings. The molecule has 24 heavy (non-hydrogen) atoms. The molecule has 1 atom stereocenters. The minimum absolute atomic E-state index is 0.254. The number of piperidine rings is 1. The molecule has 2 aromatic heterocycles. The lowest BCUT2D eigenvalue weighted by Crippen LogP contribution is -2.39. The van der Waals surface area contributed by atoms with E-state index >= 15 is 0 Å². The summed E-state index contributed by atoms with van der Waals surface area (Å²) in [5.41, 5.74) is 1.12. The number of thiazole rings is 1. The standard InChI is InChI=1S/C16H23N5OS2/c1-12-18-14(10-24-12)9-23-7-5-15(22)21-6-3-4-13(8-21)16-19-17-11-20(16)2/h10-11,13H,3-9H2,1-2H3. The zero-order chi connectivity index (χ0) is 16.9. The van der Waals surface area contributed by atoms with Crippen LogP contribution in [0.2, 0.25) is 0 Å². The van der Waals surface area contributed by atoms with Gasteiger partial charge in [0.25, 0.3) is 0 Å². The van der Waals surface area contributed by atoms with Gasteiger partial charge in [-0.1, -0.05) is 0 Å². The predicted octanol–water partition coefficient (Wildman–Crippen LogP) is 2.61. The van der Waals surface area contributed by atoms with E-state index in [0.29, 0.717) is 12.3 Å². The zero-order valence-electron chi connectivity index (χ0n) is 14.1. The SMILES string of the molecule is Cc1nc(CSCCC(=O)N2CCCC(c3nncn3C)C2)cs1. The molecule has 0 aliphatic carbocycles. The van der Waals surface area contributed by atoms with Crippen LogP contribution < -0.4 is 0 Å². The topological polar surface area (TPSA) is 63.9 Å². The molecule has 0 N–H and O–H groups in total. The highest BCUT2D eigenvalue weighted by molar-refractivity contribution is 7.98. The van der Waals surface area contributed by atoms with Gasteiger partial charge < -0.3 is 9.47 Å². The number of amides is 1.